The number of amides is 1. The molecule has 0 radical (unpaired) electrons. The summed E-state index contributed by atoms with van der Waals surface area (Å²) in [5, 5.41) is 3.85. The van der Waals surface area contributed by atoms with Crippen LogP contribution in [0.3, 0.4) is 0 Å². The summed E-state index contributed by atoms with van der Waals surface area (Å²) in [6, 6.07) is 13.3. The highest BCUT2D eigenvalue weighted by Gasteiger charge is 2.25. The highest BCUT2D eigenvalue weighted by molar-refractivity contribution is 7.89. The smallest absolute Gasteiger partial charge is 0.248 e. The minimum Gasteiger partial charge on any atom is -0.366 e. The van der Waals surface area contributed by atoms with Crippen LogP contribution in [0.1, 0.15) is 20.1 Å². The molecule has 0 fully saturated rings. The summed E-state index contributed by atoms with van der Waals surface area (Å²) >= 11 is 3.04. The van der Waals surface area contributed by atoms with Crippen molar-refractivity contribution in [2.24, 2.45) is 5.73 Å². The number of hydrogen-bond donors (Lipinski definition) is 1. The van der Waals surface area contributed by atoms with Crippen molar-refractivity contribution in [2.45, 2.75) is 18.0 Å². The van der Waals surface area contributed by atoms with Gasteiger partial charge in [0.15, 0.2) is 0 Å². The third kappa shape index (κ3) is 4.16. The molecule has 2 N–H and O–H groups in total. The Bertz CT molecular complexity index is 895. The van der Waals surface area contributed by atoms with Crippen LogP contribution in [-0.2, 0) is 23.1 Å². The number of sulfonamides is 1. The summed E-state index contributed by atoms with van der Waals surface area (Å²) in [4.78, 5) is 13.3. The number of benzene rings is 1. The Balaban J connectivity index is 1.93. The normalized spacial score (nSPS) is 11.7. The molecule has 2 aromatic heterocycles. The van der Waals surface area contributed by atoms with E-state index < -0.39 is 15.9 Å². The lowest BCUT2D eigenvalue weighted by atomic mass is 10.2. The van der Waals surface area contributed by atoms with E-state index in [0.717, 1.165) is 9.75 Å². The summed E-state index contributed by atoms with van der Waals surface area (Å²) in [6.07, 6.45) is 0. The lowest BCUT2D eigenvalue weighted by molar-refractivity contribution is 0.1000. The van der Waals surface area contributed by atoms with Crippen molar-refractivity contribution in [2.75, 3.05) is 0 Å². The van der Waals surface area contributed by atoms with Crippen molar-refractivity contribution in [3.05, 3.63) is 74.6 Å². The van der Waals surface area contributed by atoms with Gasteiger partial charge in [0.1, 0.15) is 0 Å². The molecule has 5 nitrogen and oxygen atoms in total. The number of carbonyl (C=O) groups excluding carboxylic acids is 1. The van der Waals surface area contributed by atoms with Crippen LogP contribution < -0.4 is 5.73 Å². The molecule has 0 saturated heterocycles. The fraction of sp³-hybridized carbons (Fsp3) is 0.118. The second-order valence-corrected chi connectivity index (χ2v) is 9.32. The van der Waals surface area contributed by atoms with E-state index in [9.17, 15) is 13.2 Å². The van der Waals surface area contributed by atoms with Crippen LogP contribution in [0.2, 0.25) is 0 Å². The first-order valence-corrected chi connectivity index (χ1v) is 10.6. The second kappa shape index (κ2) is 7.49. The third-order valence-electron chi connectivity index (χ3n) is 3.60. The van der Waals surface area contributed by atoms with E-state index in [2.05, 4.69) is 0 Å². The molecular formula is C17H16N2O3S3. The van der Waals surface area contributed by atoms with Gasteiger partial charge in [0.2, 0.25) is 15.9 Å². The number of rotatable bonds is 7. The summed E-state index contributed by atoms with van der Waals surface area (Å²) < 4.78 is 27.6. The minimum absolute atomic E-state index is 0.144. The largest absolute Gasteiger partial charge is 0.366 e. The van der Waals surface area contributed by atoms with Crippen molar-refractivity contribution >= 4 is 38.6 Å². The van der Waals surface area contributed by atoms with Gasteiger partial charge in [0.05, 0.1) is 4.90 Å². The SMILES string of the molecule is NC(=O)c1ccc(S(=O)(=O)N(Cc2cccs2)Cc2cccs2)cc1. The first-order chi connectivity index (χ1) is 12.0. The molecule has 0 spiro atoms. The van der Waals surface area contributed by atoms with E-state index in [1.165, 1.54) is 51.2 Å². The Labute approximate surface area is 154 Å². The predicted octanol–water partition coefficient (Wildman–Crippen LogP) is 3.30. The molecule has 0 aliphatic heterocycles. The van der Waals surface area contributed by atoms with Gasteiger partial charge < -0.3 is 5.73 Å². The number of carbonyl (C=O) groups is 1. The van der Waals surface area contributed by atoms with Gasteiger partial charge in [-0.05, 0) is 47.2 Å². The van der Waals surface area contributed by atoms with Gasteiger partial charge in [-0.3, -0.25) is 4.79 Å². The lowest BCUT2D eigenvalue weighted by Gasteiger charge is -2.21. The number of hydrogen-bond acceptors (Lipinski definition) is 5. The maximum atomic E-state index is 13.1. The van der Waals surface area contributed by atoms with Crippen LogP contribution in [0.4, 0.5) is 0 Å². The van der Waals surface area contributed by atoms with E-state index in [4.69, 9.17) is 5.73 Å². The predicted molar refractivity (Wildman–Crippen MR) is 100 cm³/mol. The van der Waals surface area contributed by atoms with E-state index >= 15 is 0 Å². The first kappa shape index (κ1) is 17.8. The average Bonchev–Trinajstić information content (AvgIpc) is 3.28. The number of nitrogens with two attached hydrogens (primary N) is 1. The number of thiophene rings is 2. The molecule has 0 aliphatic rings. The molecule has 0 aliphatic carbocycles. The van der Waals surface area contributed by atoms with Gasteiger partial charge in [-0.15, -0.1) is 22.7 Å². The topological polar surface area (TPSA) is 80.5 Å². The van der Waals surface area contributed by atoms with Crippen molar-refractivity contribution in [3.63, 3.8) is 0 Å². The van der Waals surface area contributed by atoms with Crippen LogP contribution in [0, 0.1) is 0 Å². The molecule has 25 heavy (non-hydrogen) atoms. The average molecular weight is 393 g/mol. The van der Waals surface area contributed by atoms with Gasteiger partial charge in [-0.1, -0.05) is 12.1 Å². The van der Waals surface area contributed by atoms with Crippen molar-refractivity contribution in [1.82, 2.24) is 4.31 Å². The summed E-state index contributed by atoms with van der Waals surface area (Å²) in [5.41, 5.74) is 5.50. The van der Waals surface area contributed by atoms with Gasteiger partial charge in [0, 0.05) is 28.4 Å². The number of nitrogens with zero attached hydrogens (tertiary/aromatic N) is 1. The van der Waals surface area contributed by atoms with Gasteiger partial charge in [-0.2, -0.15) is 4.31 Å². The fourth-order valence-corrected chi connectivity index (χ4v) is 5.32. The van der Waals surface area contributed by atoms with Gasteiger partial charge in [-0.25, -0.2) is 8.42 Å². The highest BCUT2D eigenvalue weighted by Crippen LogP contribution is 2.24. The molecule has 0 unspecified atom stereocenters. The highest BCUT2D eigenvalue weighted by atomic mass is 32.2. The zero-order valence-electron chi connectivity index (χ0n) is 13.2. The lowest BCUT2D eigenvalue weighted by Crippen LogP contribution is -2.29. The molecule has 2 heterocycles. The zero-order valence-corrected chi connectivity index (χ0v) is 15.6. The van der Waals surface area contributed by atoms with E-state index in [1.807, 2.05) is 35.0 Å². The maximum absolute atomic E-state index is 13.1. The molecule has 3 rings (SSSR count). The monoisotopic (exact) mass is 392 g/mol. The zero-order chi connectivity index (χ0) is 17.9. The second-order valence-electron chi connectivity index (χ2n) is 5.32. The molecule has 0 saturated carbocycles. The van der Waals surface area contributed by atoms with Crippen LogP contribution in [-0.4, -0.2) is 18.6 Å². The third-order valence-corrected chi connectivity index (χ3v) is 7.13. The molecule has 1 aromatic carbocycles. The van der Waals surface area contributed by atoms with Gasteiger partial charge >= 0.3 is 0 Å². The Kier molecular flexibility index (Phi) is 5.33. The fourth-order valence-electron chi connectivity index (χ4n) is 2.32. The van der Waals surface area contributed by atoms with Crippen molar-refractivity contribution < 1.29 is 13.2 Å². The first-order valence-electron chi connectivity index (χ1n) is 7.41. The Morgan fingerprint density at radius 3 is 1.84 bits per heavy atom. The molecular weight excluding hydrogens is 376 g/mol. The molecule has 0 bridgehead atoms. The molecule has 1 amide bonds. The Hall–Kier alpha value is -2.00. The Morgan fingerprint density at radius 1 is 0.920 bits per heavy atom. The molecule has 3 aromatic rings. The summed E-state index contributed by atoms with van der Waals surface area (Å²) in [5.74, 6) is -0.585. The van der Waals surface area contributed by atoms with Gasteiger partial charge in [0.25, 0.3) is 0 Å². The van der Waals surface area contributed by atoms with Crippen LogP contribution in [0.25, 0.3) is 0 Å². The van der Waals surface area contributed by atoms with E-state index in [0.29, 0.717) is 13.1 Å². The van der Waals surface area contributed by atoms with Crippen LogP contribution in [0.5, 0.6) is 0 Å². The number of primary amides is 1. The minimum atomic E-state index is -3.70. The summed E-state index contributed by atoms with van der Waals surface area (Å²) in [7, 11) is -3.70. The maximum Gasteiger partial charge on any atom is 0.248 e. The van der Waals surface area contributed by atoms with Crippen LogP contribution >= 0.6 is 22.7 Å². The quantitative estimate of drug-likeness (QED) is 0.670. The molecule has 130 valence electrons. The van der Waals surface area contributed by atoms with Crippen LogP contribution in [0.15, 0.2) is 64.2 Å². The van der Waals surface area contributed by atoms with E-state index in [1.54, 1.807) is 0 Å². The summed E-state index contributed by atoms with van der Waals surface area (Å²) in [6.45, 7) is 0.602. The van der Waals surface area contributed by atoms with Crippen molar-refractivity contribution in [1.29, 1.82) is 0 Å². The van der Waals surface area contributed by atoms with E-state index in [-0.39, 0.29) is 10.5 Å². The Morgan fingerprint density at radius 2 is 1.44 bits per heavy atom. The van der Waals surface area contributed by atoms with Crippen molar-refractivity contribution in [3.8, 4) is 0 Å². The molecule has 8 heteroatoms. The molecule has 0 atom stereocenters. The standard InChI is InChI=1S/C17H16N2O3S3/c18-17(20)13-5-7-16(8-6-13)25(21,22)19(11-14-3-1-9-23-14)12-15-4-2-10-24-15/h1-10H,11-12H2,(H2,18,20).